The summed E-state index contributed by atoms with van der Waals surface area (Å²) in [4.78, 5) is 11.2. The standard InChI is InChI=1S/C14H16ClFN2O2/c1-7-9(2-3-19)12(6-13(17)20)18-14-10(7)4-8(15)5-11(14)16/h4-5,9,12,18-19H,1-3,6H2,(H2,17,20). The van der Waals surface area contributed by atoms with Crippen LogP contribution in [0.2, 0.25) is 5.02 Å². The highest BCUT2D eigenvalue weighted by Crippen LogP contribution is 2.41. The van der Waals surface area contributed by atoms with Crippen molar-refractivity contribution in [1.29, 1.82) is 0 Å². The lowest BCUT2D eigenvalue weighted by Crippen LogP contribution is -2.38. The molecule has 0 saturated heterocycles. The molecule has 0 aromatic heterocycles. The average molecular weight is 299 g/mol. The molecule has 2 rings (SSSR count). The molecule has 6 heteroatoms. The highest BCUT2D eigenvalue weighted by atomic mass is 35.5. The van der Waals surface area contributed by atoms with E-state index in [4.69, 9.17) is 22.4 Å². The average Bonchev–Trinajstić information content (AvgIpc) is 2.35. The van der Waals surface area contributed by atoms with Crippen LogP contribution < -0.4 is 11.1 Å². The number of primary amides is 1. The van der Waals surface area contributed by atoms with Gasteiger partial charge < -0.3 is 16.2 Å². The Morgan fingerprint density at radius 1 is 1.55 bits per heavy atom. The Hall–Kier alpha value is -1.59. The van der Waals surface area contributed by atoms with Crippen LogP contribution in [0.4, 0.5) is 10.1 Å². The van der Waals surface area contributed by atoms with Crippen molar-refractivity contribution in [2.24, 2.45) is 11.7 Å². The molecule has 0 saturated carbocycles. The van der Waals surface area contributed by atoms with Crippen molar-refractivity contribution in [3.63, 3.8) is 0 Å². The van der Waals surface area contributed by atoms with Crippen LogP contribution in [-0.2, 0) is 4.79 Å². The van der Waals surface area contributed by atoms with Gasteiger partial charge in [-0.05, 0) is 24.1 Å². The van der Waals surface area contributed by atoms with E-state index >= 15 is 0 Å². The molecule has 0 aliphatic carbocycles. The van der Waals surface area contributed by atoms with E-state index < -0.39 is 11.7 Å². The topological polar surface area (TPSA) is 75.3 Å². The Kier molecular flexibility index (Phi) is 4.30. The molecule has 1 aromatic carbocycles. The van der Waals surface area contributed by atoms with Crippen molar-refractivity contribution in [2.45, 2.75) is 18.9 Å². The Bertz CT molecular complexity index is 562. The second-order valence-corrected chi connectivity index (χ2v) is 5.31. The van der Waals surface area contributed by atoms with E-state index in [9.17, 15) is 9.18 Å². The van der Waals surface area contributed by atoms with Crippen LogP contribution in [0.5, 0.6) is 0 Å². The molecule has 20 heavy (non-hydrogen) atoms. The molecule has 1 aliphatic rings. The minimum absolute atomic E-state index is 0.0468. The molecule has 1 heterocycles. The van der Waals surface area contributed by atoms with Crippen molar-refractivity contribution in [3.05, 3.63) is 35.1 Å². The van der Waals surface area contributed by atoms with Gasteiger partial charge >= 0.3 is 0 Å². The summed E-state index contributed by atoms with van der Waals surface area (Å²) in [6.07, 6.45) is 0.461. The molecule has 1 aliphatic heterocycles. The van der Waals surface area contributed by atoms with E-state index in [0.717, 1.165) is 0 Å². The number of amides is 1. The van der Waals surface area contributed by atoms with E-state index in [1.165, 1.54) is 6.07 Å². The van der Waals surface area contributed by atoms with Crippen LogP contribution in [0.1, 0.15) is 18.4 Å². The van der Waals surface area contributed by atoms with Crippen LogP contribution in [0.3, 0.4) is 0 Å². The van der Waals surface area contributed by atoms with E-state index in [0.29, 0.717) is 17.6 Å². The number of nitrogens with two attached hydrogens (primary N) is 1. The number of rotatable bonds is 4. The van der Waals surface area contributed by atoms with Crippen molar-refractivity contribution in [2.75, 3.05) is 11.9 Å². The first-order chi connectivity index (χ1) is 9.43. The van der Waals surface area contributed by atoms with Crippen LogP contribution in [0.15, 0.2) is 18.7 Å². The lowest BCUT2D eigenvalue weighted by molar-refractivity contribution is -0.118. The van der Waals surface area contributed by atoms with Crippen LogP contribution in [0.25, 0.3) is 5.57 Å². The SMILES string of the molecule is C=C1c2cc(Cl)cc(F)c2NC(CC(N)=O)C1CCO. The first-order valence-electron chi connectivity index (χ1n) is 6.28. The molecule has 0 spiro atoms. The number of benzene rings is 1. The minimum atomic E-state index is -0.495. The highest BCUT2D eigenvalue weighted by Gasteiger charge is 2.33. The van der Waals surface area contributed by atoms with E-state index in [2.05, 4.69) is 11.9 Å². The zero-order chi connectivity index (χ0) is 14.9. The molecule has 108 valence electrons. The molecular weight excluding hydrogens is 283 g/mol. The maximum Gasteiger partial charge on any atom is 0.219 e. The van der Waals surface area contributed by atoms with Crippen molar-refractivity contribution >= 4 is 28.8 Å². The predicted octanol–water partition coefficient (Wildman–Crippen LogP) is 2.16. The summed E-state index contributed by atoms with van der Waals surface area (Å²) in [5.74, 6) is -1.18. The van der Waals surface area contributed by atoms with Gasteiger partial charge in [-0.2, -0.15) is 0 Å². The largest absolute Gasteiger partial charge is 0.396 e. The summed E-state index contributed by atoms with van der Waals surface area (Å²) < 4.78 is 14.0. The number of carbonyl (C=O) groups excluding carboxylic acids is 1. The number of aliphatic hydroxyl groups excluding tert-OH is 1. The fourth-order valence-electron chi connectivity index (χ4n) is 2.63. The molecule has 4 nitrogen and oxygen atoms in total. The summed E-state index contributed by atoms with van der Waals surface area (Å²) >= 11 is 5.86. The Morgan fingerprint density at radius 2 is 2.25 bits per heavy atom. The van der Waals surface area contributed by atoms with Gasteiger partial charge in [-0.1, -0.05) is 18.2 Å². The molecule has 1 amide bonds. The van der Waals surface area contributed by atoms with E-state index in [1.807, 2.05) is 0 Å². The monoisotopic (exact) mass is 298 g/mol. The van der Waals surface area contributed by atoms with Gasteiger partial charge in [-0.25, -0.2) is 4.39 Å². The van der Waals surface area contributed by atoms with Gasteiger partial charge in [0.15, 0.2) is 0 Å². The fraction of sp³-hybridized carbons (Fsp3) is 0.357. The number of halogens is 2. The third-order valence-corrected chi connectivity index (χ3v) is 3.74. The van der Waals surface area contributed by atoms with Gasteiger partial charge in [-0.3, -0.25) is 4.79 Å². The quantitative estimate of drug-likeness (QED) is 0.797. The van der Waals surface area contributed by atoms with Gasteiger partial charge in [-0.15, -0.1) is 0 Å². The number of fused-ring (bicyclic) bond motifs is 1. The second-order valence-electron chi connectivity index (χ2n) is 4.88. The molecule has 1 aromatic rings. The third-order valence-electron chi connectivity index (χ3n) is 3.53. The summed E-state index contributed by atoms with van der Waals surface area (Å²) in [6.45, 7) is 3.91. The predicted molar refractivity (Wildman–Crippen MR) is 76.9 cm³/mol. The number of hydrogen-bond acceptors (Lipinski definition) is 3. The van der Waals surface area contributed by atoms with Crippen molar-refractivity contribution in [3.8, 4) is 0 Å². The van der Waals surface area contributed by atoms with E-state index in [1.54, 1.807) is 6.07 Å². The minimum Gasteiger partial charge on any atom is -0.396 e. The highest BCUT2D eigenvalue weighted by molar-refractivity contribution is 6.31. The maximum absolute atomic E-state index is 14.0. The maximum atomic E-state index is 14.0. The van der Waals surface area contributed by atoms with Crippen molar-refractivity contribution in [1.82, 2.24) is 0 Å². The van der Waals surface area contributed by atoms with Crippen LogP contribution in [-0.4, -0.2) is 23.7 Å². The first kappa shape index (κ1) is 14.8. The first-order valence-corrected chi connectivity index (χ1v) is 6.65. The lowest BCUT2D eigenvalue weighted by atomic mass is 9.80. The molecule has 2 atom stereocenters. The van der Waals surface area contributed by atoms with Gasteiger partial charge in [0, 0.05) is 35.6 Å². The molecule has 0 bridgehead atoms. The Balaban J connectivity index is 2.44. The number of aliphatic hydroxyl groups is 1. The van der Waals surface area contributed by atoms with Crippen LogP contribution >= 0.6 is 11.6 Å². The van der Waals surface area contributed by atoms with Gasteiger partial charge in [0.25, 0.3) is 0 Å². The number of carbonyl (C=O) groups is 1. The van der Waals surface area contributed by atoms with Gasteiger partial charge in [0.05, 0.1) is 5.69 Å². The molecule has 0 radical (unpaired) electrons. The lowest BCUT2D eigenvalue weighted by Gasteiger charge is -2.36. The summed E-state index contributed by atoms with van der Waals surface area (Å²) in [6, 6.07) is 2.45. The third kappa shape index (κ3) is 2.78. The van der Waals surface area contributed by atoms with Crippen LogP contribution in [0, 0.1) is 11.7 Å². The smallest absolute Gasteiger partial charge is 0.219 e. The molecule has 4 N–H and O–H groups in total. The summed E-state index contributed by atoms with van der Waals surface area (Å²) in [5.41, 5.74) is 6.73. The van der Waals surface area contributed by atoms with Gasteiger partial charge in [0.2, 0.25) is 5.91 Å². The second kappa shape index (κ2) is 5.81. The summed E-state index contributed by atoms with van der Waals surface area (Å²) in [7, 11) is 0. The zero-order valence-corrected chi connectivity index (χ0v) is 11.6. The Labute approximate surface area is 121 Å². The molecule has 2 unspecified atom stereocenters. The molecular formula is C14H16ClFN2O2. The van der Waals surface area contributed by atoms with E-state index in [-0.39, 0.29) is 35.7 Å². The Morgan fingerprint density at radius 3 is 2.85 bits per heavy atom. The van der Waals surface area contributed by atoms with Crippen molar-refractivity contribution < 1.29 is 14.3 Å². The summed E-state index contributed by atoms with van der Waals surface area (Å²) in [5, 5.41) is 12.4. The normalized spacial score (nSPS) is 21.2. The number of nitrogens with one attached hydrogen (secondary N) is 1. The molecule has 0 fully saturated rings. The van der Waals surface area contributed by atoms with Gasteiger partial charge in [0.1, 0.15) is 5.82 Å². The fourth-order valence-corrected chi connectivity index (χ4v) is 2.83. The zero-order valence-electron chi connectivity index (χ0n) is 10.8. The number of anilines is 1. The number of hydrogen-bond donors (Lipinski definition) is 3.